The first-order valence-electron chi connectivity index (χ1n) is 9.75. The normalized spacial score (nSPS) is 19.2. The smallest absolute Gasteiger partial charge is 0.415 e. The van der Waals surface area contributed by atoms with Crippen molar-refractivity contribution in [2.45, 2.75) is 18.6 Å². The van der Waals surface area contributed by atoms with Gasteiger partial charge in [-0.25, -0.2) is 14.5 Å². The Bertz CT molecular complexity index is 1220. The Morgan fingerprint density at radius 3 is 2.87 bits per heavy atom. The summed E-state index contributed by atoms with van der Waals surface area (Å²) >= 11 is 0. The maximum atomic E-state index is 12.5. The number of ether oxygens (including phenoxy) is 2. The lowest BCUT2D eigenvalue weighted by atomic mass is 10.0. The Kier molecular flexibility index (Phi) is 3.95. The molecule has 31 heavy (non-hydrogen) atoms. The van der Waals surface area contributed by atoms with Gasteiger partial charge in [0, 0.05) is 17.8 Å². The second-order valence-corrected chi connectivity index (χ2v) is 7.31. The summed E-state index contributed by atoms with van der Waals surface area (Å²) in [6.45, 7) is 0.216. The number of hydrogen-bond acceptors (Lipinski definition) is 8. The molecule has 10 heteroatoms. The molecule has 6 rings (SSSR count). The van der Waals surface area contributed by atoms with E-state index >= 15 is 0 Å². The van der Waals surface area contributed by atoms with Crippen LogP contribution in [-0.2, 0) is 11.2 Å². The molecule has 154 valence electrons. The standard InChI is InChI=1S/C21H16N6O4/c28-21-27-16-3-1-13(14-2-4-19(22-11-14)26-7-6-23-25-26)9-15(16)10-17(27)18(31-21)12-29-20-5-8-30-24-20/h1-9,11,17-18H,10,12H2/t17-,18-/m0/s1. The van der Waals surface area contributed by atoms with Crippen molar-refractivity contribution >= 4 is 11.8 Å². The molecule has 2 aliphatic heterocycles. The number of aromatic nitrogens is 5. The molecule has 0 N–H and O–H groups in total. The highest BCUT2D eigenvalue weighted by Gasteiger charge is 2.47. The Balaban J connectivity index is 1.23. The molecule has 1 fully saturated rings. The van der Waals surface area contributed by atoms with Crippen molar-refractivity contribution in [3.8, 4) is 22.8 Å². The Labute approximate surface area is 176 Å². The lowest BCUT2D eigenvalue weighted by molar-refractivity contribution is 0.0886. The molecule has 5 heterocycles. The van der Waals surface area contributed by atoms with E-state index < -0.39 is 0 Å². The fourth-order valence-electron chi connectivity index (χ4n) is 4.07. The summed E-state index contributed by atoms with van der Waals surface area (Å²) in [5.41, 5.74) is 3.97. The SMILES string of the molecule is O=C1O[C@@H](COc2ccon2)[C@@H]2Cc3cc(-c4ccc(-n5ccnn5)nc4)ccc3N12. The molecule has 1 aromatic carbocycles. The van der Waals surface area contributed by atoms with Crippen molar-refractivity contribution in [3.63, 3.8) is 0 Å². The van der Waals surface area contributed by atoms with Crippen molar-refractivity contribution in [3.05, 3.63) is 66.8 Å². The number of amides is 1. The van der Waals surface area contributed by atoms with E-state index in [-0.39, 0.29) is 24.8 Å². The van der Waals surface area contributed by atoms with E-state index in [1.165, 1.54) is 6.26 Å². The van der Waals surface area contributed by atoms with Gasteiger partial charge in [-0.05, 0) is 47.0 Å². The van der Waals surface area contributed by atoms with Crippen LogP contribution in [-0.4, -0.2) is 50.0 Å². The van der Waals surface area contributed by atoms with Crippen molar-refractivity contribution in [1.29, 1.82) is 0 Å². The summed E-state index contributed by atoms with van der Waals surface area (Å²) < 4.78 is 17.5. The zero-order valence-corrected chi connectivity index (χ0v) is 16.2. The molecule has 0 unspecified atom stereocenters. The average Bonchev–Trinajstić information content (AvgIpc) is 3.58. The van der Waals surface area contributed by atoms with Crippen LogP contribution in [0.4, 0.5) is 10.5 Å². The molecular weight excluding hydrogens is 400 g/mol. The van der Waals surface area contributed by atoms with E-state index in [9.17, 15) is 4.79 Å². The third-order valence-electron chi connectivity index (χ3n) is 5.53. The largest absolute Gasteiger partial charge is 0.471 e. The average molecular weight is 416 g/mol. The topological polar surface area (TPSA) is 108 Å². The van der Waals surface area contributed by atoms with Crippen LogP contribution in [0.5, 0.6) is 5.88 Å². The third-order valence-corrected chi connectivity index (χ3v) is 5.53. The molecule has 2 atom stereocenters. The highest BCUT2D eigenvalue weighted by atomic mass is 16.6. The van der Waals surface area contributed by atoms with Gasteiger partial charge in [-0.3, -0.25) is 4.90 Å². The maximum absolute atomic E-state index is 12.5. The lowest BCUT2D eigenvalue weighted by Crippen LogP contribution is -2.36. The number of benzene rings is 1. The minimum absolute atomic E-state index is 0.113. The van der Waals surface area contributed by atoms with Gasteiger partial charge in [-0.15, -0.1) is 5.10 Å². The zero-order valence-electron chi connectivity index (χ0n) is 16.2. The molecule has 0 saturated carbocycles. The monoisotopic (exact) mass is 416 g/mol. The van der Waals surface area contributed by atoms with Crippen LogP contribution in [0.3, 0.4) is 0 Å². The molecule has 0 aliphatic carbocycles. The van der Waals surface area contributed by atoms with Crippen LogP contribution in [0, 0.1) is 0 Å². The number of rotatable bonds is 5. The fourth-order valence-corrected chi connectivity index (χ4v) is 4.07. The number of carbonyl (C=O) groups excluding carboxylic acids is 1. The second kappa shape index (κ2) is 6.94. The number of pyridine rings is 1. The lowest BCUT2D eigenvalue weighted by Gasteiger charge is -2.16. The predicted octanol–water partition coefficient (Wildman–Crippen LogP) is 2.65. The Morgan fingerprint density at radius 2 is 2.10 bits per heavy atom. The maximum Gasteiger partial charge on any atom is 0.415 e. The van der Waals surface area contributed by atoms with Crippen LogP contribution in [0.1, 0.15) is 5.56 Å². The van der Waals surface area contributed by atoms with E-state index in [4.69, 9.17) is 14.0 Å². The molecule has 0 radical (unpaired) electrons. The van der Waals surface area contributed by atoms with Gasteiger partial charge in [0.2, 0.25) is 0 Å². The molecule has 10 nitrogen and oxygen atoms in total. The summed E-state index contributed by atoms with van der Waals surface area (Å²) in [5.74, 6) is 1.06. The first-order chi connectivity index (χ1) is 15.3. The van der Waals surface area contributed by atoms with E-state index in [1.807, 2.05) is 24.3 Å². The molecule has 0 spiro atoms. The van der Waals surface area contributed by atoms with Gasteiger partial charge in [0.25, 0.3) is 5.88 Å². The highest BCUT2D eigenvalue weighted by molar-refractivity contribution is 5.94. The summed E-state index contributed by atoms with van der Waals surface area (Å²) in [7, 11) is 0. The van der Waals surface area contributed by atoms with E-state index in [1.54, 1.807) is 34.2 Å². The van der Waals surface area contributed by atoms with Gasteiger partial charge in [0.15, 0.2) is 11.9 Å². The quantitative estimate of drug-likeness (QED) is 0.489. The van der Waals surface area contributed by atoms with Crippen molar-refractivity contribution in [1.82, 2.24) is 25.1 Å². The van der Waals surface area contributed by atoms with Crippen LogP contribution in [0.25, 0.3) is 16.9 Å². The predicted molar refractivity (Wildman–Crippen MR) is 107 cm³/mol. The van der Waals surface area contributed by atoms with Gasteiger partial charge >= 0.3 is 6.09 Å². The summed E-state index contributed by atoms with van der Waals surface area (Å²) in [6, 6.07) is 11.4. The van der Waals surface area contributed by atoms with Crippen molar-refractivity contribution < 1.29 is 18.8 Å². The van der Waals surface area contributed by atoms with Crippen LogP contribution < -0.4 is 9.64 Å². The number of anilines is 1. The zero-order chi connectivity index (χ0) is 20.8. The van der Waals surface area contributed by atoms with Crippen LogP contribution >= 0.6 is 0 Å². The summed E-state index contributed by atoms with van der Waals surface area (Å²) in [6.07, 6.45) is 6.53. The Hall–Kier alpha value is -4.21. The number of carbonyl (C=O) groups is 1. The molecule has 3 aromatic heterocycles. The number of nitrogens with zero attached hydrogens (tertiary/aromatic N) is 6. The molecule has 1 saturated heterocycles. The Morgan fingerprint density at radius 1 is 1.16 bits per heavy atom. The first kappa shape index (κ1) is 17.6. The minimum atomic E-state index is -0.385. The third kappa shape index (κ3) is 3.00. The van der Waals surface area contributed by atoms with Crippen LogP contribution in [0.15, 0.2) is 65.8 Å². The first-order valence-corrected chi connectivity index (χ1v) is 9.75. The van der Waals surface area contributed by atoms with Crippen LogP contribution in [0.2, 0.25) is 0 Å². The number of cyclic esters (lactones) is 1. The minimum Gasteiger partial charge on any atom is -0.471 e. The van der Waals surface area contributed by atoms with E-state index in [0.29, 0.717) is 18.1 Å². The van der Waals surface area contributed by atoms with Gasteiger partial charge in [-0.2, -0.15) is 0 Å². The van der Waals surface area contributed by atoms with Crippen molar-refractivity contribution in [2.24, 2.45) is 0 Å². The molecular formula is C21H16N6O4. The second-order valence-electron chi connectivity index (χ2n) is 7.31. The number of fused-ring (bicyclic) bond motifs is 3. The van der Waals surface area contributed by atoms with E-state index in [2.05, 4.69) is 26.5 Å². The van der Waals surface area contributed by atoms with Gasteiger partial charge in [-0.1, -0.05) is 11.3 Å². The van der Waals surface area contributed by atoms with Gasteiger partial charge in [0.1, 0.15) is 12.9 Å². The number of hydrogen-bond donors (Lipinski definition) is 0. The van der Waals surface area contributed by atoms with Gasteiger partial charge < -0.3 is 14.0 Å². The molecule has 0 bridgehead atoms. The summed E-state index contributed by atoms with van der Waals surface area (Å²) in [5, 5.41) is 11.5. The van der Waals surface area contributed by atoms with Gasteiger partial charge in [0.05, 0.1) is 24.1 Å². The molecule has 4 aromatic rings. The summed E-state index contributed by atoms with van der Waals surface area (Å²) in [4.78, 5) is 18.7. The van der Waals surface area contributed by atoms with E-state index in [0.717, 1.165) is 22.4 Å². The molecule has 1 amide bonds. The fraction of sp³-hybridized carbons (Fsp3) is 0.190. The molecule has 2 aliphatic rings. The highest BCUT2D eigenvalue weighted by Crippen LogP contribution is 2.40. The van der Waals surface area contributed by atoms with Crippen molar-refractivity contribution in [2.75, 3.05) is 11.5 Å².